The zero-order valence-corrected chi connectivity index (χ0v) is 6.33. The molecular formula is C6H9N3O3. The predicted octanol–water partition coefficient (Wildman–Crippen LogP) is -0.176. The number of hydrogen-bond acceptors (Lipinski definition) is 4. The van der Waals surface area contributed by atoms with Gasteiger partial charge in [0, 0.05) is 4.91 Å². The van der Waals surface area contributed by atoms with E-state index < -0.39 is 6.10 Å². The third kappa shape index (κ3) is 1.05. The second-order valence-corrected chi connectivity index (χ2v) is 2.91. The van der Waals surface area contributed by atoms with Gasteiger partial charge in [0.2, 0.25) is 0 Å². The van der Waals surface area contributed by atoms with Gasteiger partial charge in [-0.05, 0) is 5.53 Å². The molecule has 4 unspecified atom stereocenters. The fourth-order valence-corrected chi connectivity index (χ4v) is 1.63. The van der Waals surface area contributed by atoms with Crippen LogP contribution in [-0.2, 0) is 9.47 Å². The Kier molecular flexibility index (Phi) is 1.90. The van der Waals surface area contributed by atoms with Gasteiger partial charge in [0.25, 0.3) is 0 Å². The minimum atomic E-state index is -0.552. The van der Waals surface area contributed by atoms with E-state index in [1.165, 1.54) is 0 Å². The monoisotopic (exact) mass is 171 g/mol. The lowest BCUT2D eigenvalue weighted by atomic mass is 10.1. The molecule has 0 saturated carbocycles. The minimum absolute atomic E-state index is 0.228. The van der Waals surface area contributed by atoms with Gasteiger partial charge in [-0.2, -0.15) is 0 Å². The molecule has 4 atom stereocenters. The average Bonchev–Trinajstić information content (AvgIpc) is 2.58. The molecule has 1 N–H and O–H groups in total. The molecule has 0 aromatic heterocycles. The standard InChI is InChI=1S/C6H9N3O3/c7-9-8-1-3-6-5(10)4(12-3)2-11-6/h3-6,10H,1-2H2. The van der Waals surface area contributed by atoms with E-state index in [2.05, 4.69) is 10.0 Å². The second-order valence-electron chi connectivity index (χ2n) is 2.91. The number of nitrogens with zero attached hydrogens (tertiary/aromatic N) is 3. The third-order valence-electron chi connectivity index (χ3n) is 2.21. The summed E-state index contributed by atoms with van der Waals surface area (Å²) in [6.07, 6.45) is -1.35. The lowest BCUT2D eigenvalue weighted by Gasteiger charge is -2.19. The van der Waals surface area contributed by atoms with Crippen molar-refractivity contribution >= 4 is 0 Å². The van der Waals surface area contributed by atoms with Crippen LogP contribution in [0.15, 0.2) is 5.11 Å². The molecule has 2 rings (SSSR count). The van der Waals surface area contributed by atoms with E-state index >= 15 is 0 Å². The maximum absolute atomic E-state index is 9.41. The molecule has 6 nitrogen and oxygen atoms in total. The van der Waals surface area contributed by atoms with Crippen molar-refractivity contribution in [3.05, 3.63) is 10.4 Å². The lowest BCUT2D eigenvalue weighted by molar-refractivity contribution is -0.0875. The van der Waals surface area contributed by atoms with Gasteiger partial charge in [0.1, 0.15) is 18.3 Å². The van der Waals surface area contributed by atoms with E-state index in [9.17, 15) is 5.11 Å². The van der Waals surface area contributed by atoms with E-state index in [0.717, 1.165) is 0 Å². The first kappa shape index (κ1) is 7.82. The highest BCUT2D eigenvalue weighted by atomic mass is 16.6. The van der Waals surface area contributed by atoms with Crippen molar-refractivity contribution in [1.82, 2.24) is 0 Å². The summed E-state index contributed by atoms with van der Waals surface area (Å²) in [4.78, 5) is 2.62. The molecule has 0 aromatic rings. The zero-order chi connectivity index (χ0) is 8.55. The van der Waals surface area contributed by atoms with Crippen LogP contribution >= 0.6 is 0 Å². The summed E-state index contributed by atoms with van der Waals surface area (Å²) in [6.45, 7) is 0.674. The zero-order valence-electron chi connectivity index (χ0n) is 6.33. The van der Waals surface area contributed by atoms with Crippen LogP contribution in [0.25, 0.3) is 10.4 Å². The van der Waals surface area contributed by atoms with Crippen molar-refractivity contribution in [1.29, 1.82) is 0 Å². The van der Waals surface area contributed by atoms with Gasteiger partial charge >= 0.3 is 0 Å². The fourth-order valence-electron chi connectivity index (χ4n) is 1.63. The molecule has 66 valence electrons. The first-order chi connectivity index (χ1) is 5.83. The van der Waals surface area contributed by atoms with Crippen LogP contribution in [0.5, 0.6) is 0 Å². The molecule has 0 spiro atoms. The Morgan fingerprint density at radius 2 is 2.50 bits per heavy atom. The molecule has 12 heavy (non-hydrogen) atoms. The molecule has 0 aliphatic carbocycles. The molecule has 2 aliphatic heterocycles. The Balaban J connectivity index is 1.99. The van der Waals surface area contributed by atoms with Gasteiger partial charge in [-0.1, -0.05) is 5.11 Å². The second kappa shape index (κ2) is 2.91. The highest BCUT2D eigenvalue weighted by Gasteiger charge is 2.49. The van der Waals surface area contributed by atoms with Crippen LogP contribution in [-0.4, -0.2) is 42.7 Å². The van der Waals surface area contributed by atoms with Crippen molar-refractivity contribution < 1.29 is 14.6 Å². The molecule has 0 radical (unpaired) electrons. The number of aliphatic hydroxyl groups excluding tert-OH is 1. The van der Waals surface area contributed by atoms with Gasteiger partial charge in [-0.3, -0.25) is 0 Å². The van der Waals surface area contributed by atoms with Crippen LogP contribution < -0.4 is 0 Å². The maximum atomic E-state index is 9.41. The molecule has 2 heterocycles. The molecule has 6 heteroatoms. The Bertz CT molecular complexity index is 228. The number of azide groups is 1. The van der Waals surface area contributed by atoms with Crippen molar-refractivity contribution in [2.45, 2.75) is 24.4 Å². The summed E-state index contributed by atoms with van der Waals surface area (Å²) in [5, 5.41) is 12.8. The minimum Gasteiger partial charge on any atom is -0.387 e. The maximum Gasteiger partial charge on any atom is 0.112 e. The first-order valence-electron chi connectivity index (χ1n) is 3.79. The first-order valence-corrected chi connectivity index (χ1v) is 3.79. The van der Waals surface area contributed by atoms with E-state index in [1.54, 1.807) is 0 Å². The van der Waals surface area contributed by atoms with Crippen LogP contribution in [0.1, 0.15) is 0 Å². The summed E-state index contributed by atoms with van der Waals surface area (Å²) >= 11 is 0. The fraction of sp³-hybridized carbons (Fsp3) is 1.00. The van der Waals surface area contributed by atoms with Gasteiger partial charge < -0.3 is 14.6 Å². The molecule has 2 bridgehead atoms. The summed E-state index contributed by atoms with van der Waals surface area (Å²) < 4.78 is 10.6. The molecule has 0 amide bonds. The molecule has 2 fully saturated rings. The van der Waals surface area contributed by atoms with Crippen LogP contribution in [0.4, 0.5) is 0 Å². The van der Waals surface area contributed by atoms with Gasteiger partial charge in [-0.25, -0.2) is 0 Å². The smallest absolute Gasteiger partial charge is 0.112 e. The van der Waals surface area contributed by atoms with Crippen molar-refractivity contribution in [2.75, 3.05) is 13.2 Å². The SMILES string of the molecule is [N-]=[N+]=NCC1OC2COC1C2O. The molecule has 0 aromatic carbocycles. The summed E-state index contributed by atoms with van der Waals surface area (Å²) in [5.41, 5.74) is 8.06. The topological polar surface area (TPSA) is 87.5 Å². The van der Waals surface area contributed by atoms with Crippen molar-refractivity contribution in [2.24, 2.45) is 5.11 Å². The predicted molar refractivity (Wildman–Crippen MR) is 38.4 cm³/mol. The van der Waals surface area contributed by atoms with Crippen molar-refractivity contribution in [3.63, 3.8) is 0 Å². The average molecular weight is 171 g/mol. The summed E-state index contributed by atoms with van der Waals surface area (Å²) in [5.74, 6) is 0. The largest absolute Gasteiger partial charge is 0.387 e. The van der Waals surface area contributed by atoms with Crippen molar-refractivity contribution in [3.8, 4) is 0 Å². The summed E-state index contributed by atoms with van der Waals surface area (Å²) in [6, 6.07) is 0. The number of ether oxygens (including phenoxy) is 2. The van der Waals surface area contributed by atoms with E-state index in [4.69, 9.17) is 15.0 Å². The number of hydrogen-bond donors (Lipinski definition) is 1. The van der Waals surface area contributed by atoms with Gasteiger partial charge in [0.15, 0.2) is 0 Å². The Morgan fingerprint density at radius 3 is 3.00 bits per heavy atom. The number of fused-ring (bicyclic) bond motifs is 2. The van der Waals surface area contributed by atoms with Crippen LogP contribution in [0.2, 0.25) is 0 Å². The lowest BCUT2D eigenvalue weighted by Crippen LogP contribution is -2.32. The van der Waals surface area contributed by atoms with Gasteiger partial charge in [0.05, 0.1) is 19.3 Å². The van der Waals surface area contributed by atoms with E-state index in [1.807, 2.05) is 0 Å². The Hall–Kier alpha value is -0.810. The highest BCUT2D eigenvalue weighted by molar-refractivity contribution is 4.97. The Morgan fingerprint density at radius 1 is 1.67 bits per heavy atom. The molecule has 2 aliphatic rings. The molecular weight excluding hydrogens is 162 g/mol. The molecule has 2 saturated heterocycles. The van der Waals surface area contributed by atoms with E-state index in [0.29, 0.717) is 6.61 Å². The Labute approximate surface area is 68.7 Å². The van der Waals surface area contributed by atoms with E-state index in [-0.39, 0.29) is 24.9 Å². The van der Waals surface area contributed by atoms with Crippen LogP contribution in [0, 0.1) is 0 Å². The highest BCUT2D eigenvalue weighted by Crippen LogP contribution is 2.30. The summed E-state index contributed by atoms with van der Waals surface area (Å²) in [7, 11) is 0. The quantitative estimate of drug-likeness (QED) is 0.355. The van der Waals surface area contributed by atoms with Gasteiger partial charge in [-0.15, -0.1) is 0 Å². The number of aliphatic hydroxyl groups is 1. The number of rotatable bonds is 2. The normalized spacial score (nSPS) is 44.4. The third-order valence-corrected chi connectivity index (χ3v) is 2.21. The van der Waals surface area contributed by atoms with Crippen LogP contribution in [0.3, 0.4) is 0 Å².